The average Bonchev–Trinajstić information content (AvgIpc) is 2.88. The van der Waals surface area contributed by atoms with Crippen molar-refractivity contribution in [3.8, 4) is 0 Å². The Balaban J connectivity index is 1.63. The molecular weight excluding hydrogens is 379 g/mol. The summed E-state index contributed by atoms with van der Waals surface area (Å²) in [6.07, 6.45) is 6.68. The third-order valence-electron chi connectivity index (χ3n) is 9.73. The summed E-state index contributed by atoms with van der Waals surface area (Å²) in [5, 5.41) is 0.181. The molecule has 0 aromatic rings. The highest BCUT2D eigenvalue weighted by atomic mass is 28.4. The summed E-state index contributed by atoms with van der Waals surface area (Å²) in [6.45, 7) is 16.2. The van der Waals surface area contributed by atoms with Crippen molar-refractivity contribution < 1.29 is 13.6 Å². The zero-order valence-corrected chi connectivity index (χ0v) is 20.6. The van der Waals surface area contributed by atoms with Gasteiger partial charge in [0.05, 0.1) is 6.10 Å². The molecule has 0 aromatic carbocycles. The lowest BCUT2D eigenvalue weighted by atomic mass is 9.49. The lowest BCUT2D eigenvalue weighted by Gasteiger charge is -2.57. The predicted molar refractivity (Wildman–Crippen MR) is 119 cm³/mol. The molecule has 0 N–H and O–H groups in total. The number of fused-ring (bicyclic) bond motifs is 5. The van der Waals surface area contributed by atoms with Gasteiger partial charge in [-0.3, -0.25) is 4.79 Å². The Kier molecular flexibility index (Phi) is 5.26. The summed E-state index contributed by atoms with van der Waals surface area (Å²) in [5.74, 6) is 2.12. The second kappa shape index (κ2) is 7.02. The van der Waals surface area contributed by atoms with Crippen LogP contribution >= 0.6 is 0 Å². The minimum Gasteiger partial charge on any atom is -0.413 e. The number of hydrogen-bond acceptors (Lipinski definition) is 2. The summed E-state index contributed by atoms with van der Waals surface area (Å²) >= 11 is 0. The molecule has 4 aliphatic rings. The van der Waals surface area contributed by atoms with Crippen LogP contribution in [-0.4, -0.2) is 26.4 Å². The predicted octanol–water partition coefficient (Wildman–Crippen LogP) is 6.71. The maximum atomic E-state index is 15.9. The van der Waals surface area contributed by atoms with E-state index in [-0.39, 0.29) is 28.3 Å². The SMILES string of the molecule is C[C@@H]1CC2=CC(=O)CC[C@@H]2[C@@H]2[C@@H]1[C@@H]1CC[C@H](O[Si](C)(C)C(C)(C)C)[C@@]1(C)C[C@@H]2F. The minimum absolute atomic E-state index is 0.0456. The first-order valence-electron chi connectivity index (χ1n) is 11.9. The number of ketones is 1. The van der Waals surface area contributed by atoms with Crippen LogP contribution in [0.3, 0.4) is 0 Å². The van der Waals surface area contributed by atoms with Crippen LogP contribution in [0, 0.1) is 35.0 Å². The Morgan fingerprint density at radius 1 is 1.17 bits per heavy atom. The van der Waals surface area contributed by atoms with E-state index in [4.69, 9.17) is 4.43 Å². The smallest absolute Gasteiger partial charge is 0.192 e. The molecule has 4 rings (SSSR count). The Bertz CT molecular complexity index is 708. The molecule has 4 aliphatic carbocycles. The zero-order valence-electron chi connectivity index (χ0n) is 19.6. The number of rotatable bonds is 2. The summed E-state index contributed by atoms with van der Waals surface area (Å²) in [5.41, 5.74) is 1.21. The van der Waals surface area contributed by atoms with Crippen LogP contribution < -0.4 is 0 Å². The molecule has 0 unspecified atom stereocenters. The highest BCUT2D eigenvalue weighted by Crippen LogP contribution is 2.64. The van der Waals surface area contributed by atoms with Gasteiger partial charge in [0.25, 0.3) is 0 Å². The largest absolute Gasteiger partial charge is 0.413 e. The maximum absolute atomic E-state index is 15.9. The van der Waals surface area contributed by atoms with Crippen LogP contribution in [0.1, 0.15) is 73.1 Å². The Morgan fingerprint density at radius 3 is 2.52 bits per heavy atom. The summed E-state index contributed by atoms with van der Waals surface area (Å²) in [4.78, 5) is 12.0. The van der Waals surface area contributed by atoms with Crippen LogP contribution in [0.15, 0.2) is 11.6 Å². The van der Waals surface area contributed by atoms with Gasteiger partial charge in [0.1, 0.15) is 6.17 Å². The fourth-order valence-corrected chi connectivity index (χ4v) is 8.71. The van der Waals surface area contributed by atoms with Crippen molar-refractivity contribution in [2.24, 2.45) is 35.0 Å². The van der Waals surface area contributed by atoms with Crippen molar-refractivity contribution in [2.75, 3.05) is 0 Å². The van der Waals surface area contributed by atoms with Crippen molar-refractivity contribution in [1.82, 2.24) is 0 Å². The van der Waals surface area contributed by atoms with Gasteiger partial charge in [-0.25, -0.2) is 4.39 Å². The Hall–Kier alpha value is -0.483. The van der Waals surface area contributed by atoms with Gasteiger partial charge in [0, 0.05) is 12.3 Å². The molecule has 0 radical (unpaired) electrons. The standard InChI is InChI=1S/C25H41FO2Si/c1-15-12-16-13-17(27)8-9-18(16)23-20(26)14-25(5)19(22(15)23)10-11-21(25)28-29(6,7)24(2,3)4/h13,15,18-23H,8-12,14H2,1-7H3/t15-,18+,19+,20+,21+,22+,23+,25+/m1/s1. The Morgan fingerprint density at radius 2 is 1.86 bits per heavy atom. The van der Waals surface area contributed by atoms with E-state index in [1.807, 2.05) is 6.08 Å². The molecule has 4 heteroatoms. The van der Waals surface area contributed by atoms with Gasteiger partial charge in [-0.05, 0) is 85.4 Å². The molecular formula is C25H41FO2Si. The molecule has 0 amide bonds. The second-order valence-corrected chi connectivity index (χ2v) is 17.2. The van der Waals surface area contributed by atoms with Gasteiger partial charge in [-0.2, -0.15) is 0 Å². The van der Waals surface area contributed by atoms with Gasteiger partial charge in [-0.1, -0.05) is 40.2 Å². The van der Waals surface area contributed by atoms with E-state index in [9.17, 15) is 4.79 Å². The minimum atomic E-state index is -1.88. The average molecular weight is 421 g/mol. The molecule has 3 saturated carbocycles. The molecule has 0 saturated heterocycles. The molecule has 0 heterocycles. The van der Waals surface area contributed by atoms with Crippen LogP contribution in [0.4, 0.5) is 4.39 Å². The molecule has 0 aromatic heterocycles. The number of hydrogen-bond donors (Lipinski definition) is 0. The van der Waals surface area contributed by atoms with Crippen LogP contribution in [-0.2, 0) is 9.22 Å². The third-order valence-corrected chi connectivity index (χ3v) is 14.2. The highest BCUT2D eigenvalue weighted by Gasteiger charge is 2.62. The van der Waals surface area contributed by atoms with Crippen molar-refractivity contribution in [3.05, 3.63) is 11.6 Å². The quantitative estimate of drug-likeness (QED) is 0.464. The first-order valence-corrected chi connectivity index (χ1v) is 14.8. The first kappa shape index (κ1) is 21.7. The lowest BCUT2D eigenvalue weighted by Crippen LogP contribution is -2.56. The fourth-order valence-electron chi connectivity index (χ4n) is 7.26. The van der Waals surface area contributed by atoms with Crippen LogP contribution in [0.25, 0.3) is 0 Å². The van der Waals surface area contributed by atoms with Gasteiger partial charge in [-0.15, -0.1) is 0 Å². The van der Waals surface area contributed by atoms with E-state index < -0.39 is 14.5 Å². The molecule has 3 fully saturated rings. The second-order valence-electron chi connectivity index (χ2n) is 12.4. The fraction of sp³-hybridized carbons (Fsp3) is 0.880. The van der Waals surface area contributed by atoms with Gasteiger partial charge < -0.3 is 4.43 Å². The van der Waals surface area contributed by atoms with Crippen molar-refractivity contribution in [3.63, 3.8) is 0 Å². The normalized spacial score (nSPS) is 45.3. The van der Waals surface area contributed by atoms with Gasteiger partial charge in [0.15, 0.2) is 14.1 Å². The van der Waals surface area contributed by atoms with E-state index >= 15 is 4.39 Å². The number of halogens is 1. The van der Waals surface area contributed by atoms with E-state index in [2.05, 4.69) is 47.7 Å². The van der Waals surface area contributed by atoms with Crippen molar-refractivity contribution in [2.45, 2.75) is 104 Å². The van der Waals surface area contributed by atoms with E-state index in [0.29, 0.717) is 36.5 Å². The zero-order chi connectivity index (χ0) is 21.4. The molecule has 0 aliphatic heterocycles. The lowest BCUT2D eigenvalue weighted by molar-refractivity contribution is -0.120. The van der Waals surface area contributed by atoms with E-state index in [0.717, 1.165) is 19.3 Å². The molecule has 29 heavy (non-hydrogen) atoms. The summed E-state index contributed by atoms with van der Waals surface area (Å²) < 4.78 is 22.9. The van der Waals surface area contributed by atoms with Gasteiger partial charge in [0.2, 0.25) is 0 Å². The third kappa shape index (κ3) is 3.41. The molecule has 0 bridgehead atoms. The summed E-state index contributed by atoms with van der Waals surface area (Å²) in [6, 6.07) is 0. The van der Waals surface area contributed by atoms with E-state index in [1.54, 1.807) is 0 Å². The number of carbonyl (C=O) groups is 1. The monoisotopic (exact) mass is 420 g/mol. The van der Waals surface area contributed by atoms with Crippen LogP contribution in [0.2, 0.25) is 18.1 Å². The topological polar surface area (TPSA) is 26.3 Å². The molecule has 2 nitrogen and oxygen atoms in total. The number of alkyl halides is 1. The first-order chi connectivity index (χ1) is 13.3. The number of carbonyl (C=O) groups excluding carboxylic acids is 1. The molecule has 0 spiro atoms. The van der Waals surface area contributed by atoms with Crippen molar-refractivity contribution in [1.29, 1.82) is 0 Å². The van der Waals surface area contributed by atoms with Gasteiger partial charge >= 0.3 is 0 Å². The van der Waals surface area contributed by atoms with Crippen molar-refractivity contribution >= 4 is 14.1 Å². The maximum Gasteiger partial charge on any atom is 0.192 e. The molecule has 164 valence electrons. The Labute approximate surface area is 178 Å². The number of allylic oxidation sites excluding steroid dienone is 1. The van der Waals surface area contributed by atoms with E-state index in [1.165, 1.54) is 12.0 Å². The highest BCUT2D eigenvalue weighted by molar-refractivity contribution is 6.74. The molecule has 8 atom stereocenters. The summed E-state index contributed by atoms with van der Waals surface area (Å²) in [7, 11) is -1.88. The van der Waals surface area contributed by atoms with Crippen LogP contribution in [0.5, 0.6) is 0 Å².